The molecular weight excluding hydrogens is 236 g/mol. The van der Waals surface area contributed by atoms with E-state index in [9.17, 15) is 0 Å². The molecule has 1 aliphatic heterocycles. The van der Waals surface area contributed by atoms with Crippen LogP contribution in [0.3, 0.4) is 0 Å². The minimum atomic E-state index is 0.593. The Bertz CT molecular complexity index is 350. The number of likely N-dealkylation sites (tertiary alicyclic amines) is 1. The predicted molar refractivity (Wildman–Crippen MR) is 70.4 cm³/mol. The standard InChI is InChI=1S/C12H19ClN4/c1-17-6-3-10(4-7-17)2-5-15-12-11(13)8-14-9-16-12/h8-10H,2-7H2,1H3,(H,14,15,16). The fourth-order valence-electron chi connectivity index (χ4n) is 2.19. The highest BCUT2D eigenvalue weighted by atomic mass is 35.5. The third-order valence-electron chi connectivity index (χ3n) is 3.35. The number of nitrogens with zero attached hydrogens (tertiary/aromatic N) is 3. The molecule has 2 rings (SSSR count). The van der Waals surface area contributed by atoms with Crippen molar-refractivity contribution in [1.82, 2.24) is 14.9 Å². The topological polar surface area (TPSA) is 41.0 Å². The molecule has 0 aliphatic carbocycles. The lowest BCUT2D eigenvalue weighted by Crippen LogP contribution is -2.30. The number of piperidine rings is 1. The first-order valence-corrected chi connectivity index (χ1v) is 6.51. The van der Waals surface area contributed by atoms with Crippen LogP contribution in [0.2, 0.25) is 5.02 Å². The zero-order valence-corrected chi connectivity index (χ0v) is 11.0. The molecule has 1 fully saturated rings. The second kappa shape index (κ2) is 6.17. The van der Waals surface area contributed by atoms with Crippen LogP contribution in [0.15, 0.2) is 12.5 Å². The van der Waals surface area contributed by atoms with Crippen molar-refractivity contribution in [2.45, 2.75) is 19.3 Å². The van der Waals surface area contributed by atoms with E-state index in [1.165, 1.54) is 38.7 Å². The Morgan fingerprint density at radius 2 is 2.24 bits per heavy atom. The molecular formula is C12H19ClN4. The second-order valence-electron chi connectivity index (χ2n) is 4.68. The van der Waals surface area contributed by atoms with Crippen molar-refractivity contribution in [3.8, 4) is 0 Å². The van der Waals surface area contributed by atoms with Crippen LogP contribution in [0.5, 0.6) is 0 Å². The minimum absolute atomic E-state index is 0.593. The minimum Gasteiger partial charge on any atom is -0.369 e. The molecule has 1 aromatic heterocycles. The number of rotatable bonds is 4. The SMILES string of the molecule is CN1CCC(CCNc2ncncc2Cl)CC1. The fourth-order valence-corrected chi connectivity index (χ4v) is 2.36. The Hall–Kier alpha value is -0.870. The predicted octanol–water partition coefficient (Wildman–Crippen LogP) is 2.27. The summed E-state index contributed by atoms with van der Waals surface area (Å²) in [6.07, 6.45) is 6.93. The number of hydrogen-bond acceptors (Lipinski definition) is 4. The average Bonchev–Trinajstić information content (AvgIpc) is 2.34. The van der Waals surface area contributed by atoms with Gasteiger partial charge in [0.1, 0.15) is 17.2 Å². The number of hydrogen-bond donors (Lipinski definition) is 1. The Kier molecular flexibility index (Phi) is 4.57. The van der Waals surface area contributed by atoms with E-state index in [4.69, 9.17) is 11.6 Å². The van der Waals surface area contributed by atoms with Crippen molar-refractivity contribution in [2.24, 2.45) is 5.92 Å². The maximum absolute atomic E-state index is 5.97. The van der Waals surface area contributed by atoms with E-state index >= 15 is 0 Å². The number of halogens is 1. The van der Waals surface area contributed by atoms with Crippen LogP contribution in [0.25, 0.3) is 0 Å². The van der Waals surface area contributed by atoms with Crippen LogP contribution in [-0.2, 0) is 0 Å². The highest BCUT2D eigenvalue weighted by molar-refractivity contribution is 6.32. The first-order valence-electron chi connectivity index (χ1n) is 6.13. The van der Waals surface area contributed by atoms with Crippen LogP contribution in [0, 0.1) is 5.92 Å². The third-order valence-corrected chi connectivity index (χ3v) is 3.63. The molecule has 1 aromatic rings. The summed E-state index contributed by atoms with van der Waals surface area (Å²) in [5.41, 5.74) is 0. The first-order chi connectivity index (χ1) is 8.25. The second-order valence-corrected chi connectivity index (χ2v) is 5.09. The van der Waals surface area contributed by atoms with Crippen LogP contribution in [-0.4, -0.2) is 41.5 Å². The van der Waals surface area contributed by atoms with Crippen molar-refractivity contribution >= 4 is 17.4 Å². The molecule has 5 heteroatoms. The van der Waals surface area contributed by atoms with E-state index < -0.39 is 0 Å². The highest BCUT2D eigenvalue weighted by Crippen LogP contribution is 2.20. The van der Waals surface area contributed by atoms with Crippen molar-refractivity contribution in [2.75, 3.05) is 32.0 Å². The zero-order valence-electron chi connectivity index (χ0n) is 10.2. The number of aromatic nitrogens is 2. The van der Waals surface area contributed by atoms with E-state index in [2.05, 4.69) is 27.2 Å². The van der Waals surface area contributed by atoms with Gasteiger partial charge in [0.15, 0.2) is 0 Å². The van der Waals surface area contributed by atoms with Crippen LogP contribution in [0.4, 0.5) is 5.82 Å². The van der Waals surface area contributed by atoms with Gasteiger partial charge in [-0.2, -0.15) is 0 Å². The molecule has 1 saturated heterocycles. The van der Waals surface area contributed by atoms with Gasteiger partial charge in [0, 0.05) is 6.54 Å². The normalized spacial score (nSPS) is 18.2. The third kappa shape index (κ3) is 3.82. The molecule has 4 nitrogen and oxygen atoms in total. The molecule has 1 aliphatic rings. The number of anilines is 1. The lowest BCUT2D eigenvalue weighted by molar-refractivity contribution is 0.215. The summed E-state index contributed by atoms with van der Waals surface area (Å²) >= 11 is 5.97. The van der Waals surface area contributed by atoms with Crippen LogP contribution < -0.4 is 5.32 Å². The summed E-state index contributed by atoms with van der Waals surface area (Å²) in [7, 11) is 2.19. The number of nitrogens with one attached hydrogen (secondary N) is 1. The van der Waals surface area contributed by atoms with Gasteiger partial charge in [-0.3, -0.25) is 0 Å². The largest absolute Gasteiger partial charge is 0.369 e. The van der Waals surface area contributed by atoms with Gasteiger partial charge < -0.3 is 10.2 Å². The van der Waals surface area contributed by atoms with Gasteiger partial charge >= 0.3 is 0 Å². The summed E-state index contributed by atoms with van der Waals surface area (Å²) in [6, 6.07) is 0. The average molecular weight is 255 g/mol. The molecule has 0 unspecified atom stereocenters. The van der Waals surface area contributed by atoms with E-state index in [1.807, 2.05) is 0 Å². The van der Waals surface area contributed by atoms with Gasteiger partial charge in [-0.1, -0.05) is 11.6 Å². The Morgan fingerprint density at radius 1 is 1.47 bits per heavy atom. The highest BCUT2D eigenvalue weighted by Gasteiger charge is 2.16. The van der Waals surface area contributed by atoms with E-state index in [-0.39, 0.29) is 0 Å². The Balaban J connectivity index is 1.71. The summed E-state index contributed by atoms with van der Waals surface area (Å²) < 4.78 is 0. The monoisotopic (exact) mass is 254 g/mol. The summed E-state index contributed by atoms with van der Waals surface area (Å²) in [4.78, 5) is 10.4. The van der Waals surface area contributed by atoms with Gasteiger partial charge in [0.25, 0.3) is 0 Å². The van der Waals surface area contributed by atoms with Crippen molar-refractivity contribution in [1.29, 1.82) is 0 Å². The molecule has 0 saturated carbocycles. The van der Waals surface area contributed by atoms with Crippen molar-refractivity contribution in [3.05, 3.63) is 17.5 Å². The van der Waals surface area contributed by atoms with E-state index in [0.717, 1.165) is 18.3 Å². The van der Waals surface area contributed by atoms with Crippen molar-refractivity contribution in [3.63, 3.8) is 0 Å². The molecule has 0 spiro atoms. The van der Waals surface area contributed by atoms with Gasteiger partial charge in [-0.05, 0) is 45.3 Å². The molecule has 2 heterocycles. The smallest absolute Gasteiger partial charge is 0.148 e. The summed E-state index contributed by atoms with van der Waals surface area (Å²) in [5, 5.41) is 3.87. The van der Waals surface area contributed by atoms with Gasteiger partial charge in [0.05, 0.1) is 6.20 Å². The van der Waals surface area contributed by atoms with Crippen LogP contribution >= 0.6 is 11.6 Å². The van der Waals surface area contributed by atoms with E-state index in [0.29, 0.717) is 5.02 Å². The molecule has 0 radical (unpaired) electrons. The van der Waals surface area contributed by atoms with Gasteiger partial charge in [-0.25, -0.2) is 9.97 Å². The molecule has 17 heavy (non-hydrogen) atoms. The van der Waals surface area contributed by atoms with Gasteiger partial charge in [0.2, 0.25) is 0 Å². The molecule has 1 N–H and O–H groups in total. The van der Waals surface area contributed by atoms with Crippen molar-refractivity contribution < 1.29 is 0 Å². The zero-order chi connectivity index (χ0) is 12.1. The Labute approximate surface area is 107 Å². The maximum Gasteiger partial charge on any atom is 0.148 e. The lowest BCUT2D eigenvalue weighted by atomic mass is 9.94. The molecule has 0 bridgehead atoms. The molecule has 0 atom stereocenters. The van der Waals surface area contributed by atoms with E-state index in [1.54, 1.807) is 6.20 Å². The molecule has 94 valence electrons. The summed E-state index contributed by atoms with van der Waals surface area (Å²) in [5.74, 6) is 1.58. The Morgan fingerprint density at radius 3 is 2.94 bits per heavy atom. The fraction of sp³-hybridized carbons (Fsp3) is 0.667. The summed E-state index contributed by atoms with van der Waals surface area (Å²) in [6.45, 7) is 3.38. The lowest BCUT2D eigenvalue weighted by Gasteiger charge is -2.28. The quantitative estimate of drug-likeness (QED) is 0.895. The molecule has 0 amide bonds. The first kappa shape index (κ1) is 12.6. The van der Waals surface area contributed by atoms with Crippen LogP contribution in [0.1, 0.15) is 19.3 Å². The molecule has 0 aromatic carbocycles. The van der Waals surface area contributed by atoms with Gasteiger partial charge in [-0.15, -0.1) is 0 Å². The maximum atomic E-state index is 5.97.